The Morgan fingerprint density at radius 1 is 1.12 bits per heavy atom. The highest BCUT2D eigenvalue weighted by Gasteiger charge is 2.18. The van der Waals surface area contributed by atoms with E-state index >= 15 is 0 Å². The fraction of sp³-hybridized carbons (Fsp3) is 0.333. The number of hydrogen-bond acceptors (Lipinski definition) is 5. The van der Waals surface area contributed by atoms with E-state index in [0.29, 0.717) is 17.1 Å². The summed E-state index contributed by atoms with van der Waals surface area (Å²) in [6.07, 6.45) is 0.321. The smallest absolute Gasteiger partial charge is 0.240 e. The van der Waals surface area contributed by atoms with Gasteiger partial charge in [0.2, 0.25) is 16.8 Å². The zero-order valence-corrected chi connectivity index (χ0v) is 14.8. The Morgan fingerprint density at radius 2 is 1.84 bits per heavy atom. The Hall–Kier alpha value is -2.09. The predicted molar refractivity (Wildman–Crippen MR) is 93.2 cm³/mol. The third kappa shape index (κ3) is 4.12. The quantitative estimate of drug-likeness (QED) is 0.789. The molecule has 134 valence electrons. The minimum Gasteiger partial charge on any atom is -0.454 e. The molecule has 0 radical (unpaired) electrons. The maximum atomic E-state index is 12.3. The molecule has 1 aliphatic rings. The molecule has 2 N–H and O–H groups in total. The van der Waals surface area contributed by atoms with Gasteiger partial charge >= 0.3 is 0 Å². The molecule has 6 nitrogen and oxygen atoms in total. The molecule has 0 saturated carbocycles. The van der Waals surface area contributed by atoms with Gasteiger partial charge in [-0.2, -0.15) is 0 Å². The lowest BCUT2D eigenvalue weighted by atomic mass is 10.1. The van der Waals surface area contributed by atoms with Gasteiger partial charge < -0.3 is 14.6 Å². The Morgan fingerprint density at radius 3 is 2.56 bits per heavy atom. The fourth-order valence-electron chi connectivity index (χ4n) is 2.60. The van der Waals surface area contributed by atoms with Gasteiger partial charge in [0.25, 0.3) is 0 Å². The number of aryl methyl sites for hydroxylation is 1. The molecule has 0 aliphatic carbocycles. The highest BCUT2D eigenvalue weighted by Crippen LogP contribution is 2.34. The Bertz CT molecular complexity index is 833. The van der Waals surface area contributed by atoms with Gasteiger partial charge in [-0.15, -0.1) is 0 Å². The standard InChI is InChI=1S/C18H21NO5S/c1-2-13-3-6-15(7-4-13)25(21,22)19-10-9-16(20)14-5-8-17-18(11-14)24-12-23-17/h3-8,11,16,19-20H,2,9-10,12H2,1H3. The molecule has 0 bridgehead atoms. The highest BCUT2D eigenvalue weighted by molar-refractivity contribution is 7.89. The van der Waals surface area contributed by atoms with Gasteiger partial charge in [-0.3, -0.25) is 0 Å². The van der Waals surface area contributed by atoms with Crippen LogP contribution in [0.2, 0.25) is 0 Å². The van der Waals surface area contributed by atoms with Crippen LogP contribution in [-0.2, 0) is 16.4 Å². The van der Waals surface area contributed by atoms with E-state index < -0.39 is 16.1 Å². The van der Waals surface area contributed by atoms with Gasteiger partial charge in [0.15, 0.2) is 11.5 Å². The Balaban J connectivity index is 1.57. The lowest BCUT2D eigenvalue weighted by Gasteiger charge is -2.13. The number of fused-ring (bicyclic) bond motifs is 1. The van der Waals surface area contributed by atoms with Gasteiger partial charge in [0, 0.05) is 6.54 Å². The molecule has 0 fully saturated rings. The van der Waals surface area contributed by atoms with Crippen LogP contribution in [0.1, 0.15) is 30.6 Å². The summed E-state index contributed by atoms with van der Waals surface area (Å²) >= 11 is 0. The molecule has 2 aromatic rings. The summed E-state index contributed by atoms with van der Waals surface area (Å²) in [4.78, 5) is 0.224. The second kappa shape index (κ2) is 7.43. The van der Waals surface area contributed by atoms with Crippen molar-refractivity contribution in [2.75, 3.05) is 13.3 Å². The van der Waals surface area contributed by atoms with Crippen LogP contribution in [0.5, 0.6) is 11.5 Å². The predicted octanol–water partition coefficient (Wildman–Crippen LogP) is 2.38. The van der Waals surface area contributed by atoms with Crippen LogP contribution >= 0.6 is 0 Å². The first-order valence-electron chi connectivity index (χ1n) is 8.16. The van der Waals surface area contributed by atoms with E-state index in [4.69, 9.17) is 9.47 Å². The van der Waals surface area contributed by atoms with Crippen molar-refractivity contribution in [1.82, 2.24) is 4.72 Å². The van der Waals surface area contributed by atoms with Gasteiger partial charge in [0.1, 0.15) is 0 Å². The van der Waals surface area contributed by atoms with E-state index in [2.05, 4.69) is 4.72 Å². The van der Waals surface area contributed by atoms with Gasteiger partial charge in [0.05, 0.1) is 11.0 Å². The van der Waals surface area contributed by atoms with Crippen molar-refractivity contribution in [1.29, 1.82) is 0 Å². The van der Waals surface area contributed by atoms with E-state index in [-0.39, 0.29) is 24.7 Å². The molecule has 1 heterocycles. The van der Waals surface area contributed by atoms with Gasteiger partial charge in [-0.05, 0) is 48.2 Å². The minimum atomic E-state index is -3.58. The number of sulfonamides is 1. The second-order valence-electron chi connectivity index (χ2n) is 5.81. The van der Waals surface area contributed by atoms with Gasteiger partial charge in [-0.25, -0.2) is 13.1 Å². The number of ether oxygens (including phenoxy) is 2. The first-order valence-corrected chi connectivity index (χ1v) is 9.64. The zero-order valence-electron chi connectivity index (χ0n) is 13.9. The molecule has 2 aromatic carbocycles. The Labute approximate surface area is 147 Å². The minimum absolute atomic E-state index is 0.132. The zero-order chi connectivity index (χ0) is 17.9. The van der Waals surface area contributed by atoms with Gasteiger partial charge in [-0.1, -0.05) is 25.1 Å². The Kier molecular flexibility index (Phi) is 5.27. The first kappa shape index (κ1) is 17.7. The summed E-state index contributed by atoms with van der Waals surface area (Å²) < 4.78 is 37.6. The van der Waals surface area contributed by atoms with Crippen LogP contribution < -0.4 is 14.2 Å². The van der Waals surface area contributed by atoms with E-state index in [0.717, 1.165) is 12.0 Å². The largest absolute Gasteiger partial charge is 0.454 e. The highest BCUT2D eigenvalue weighted by atomic mass is 32.2. The maximum absolute atomic E-state index is 12.3. The molecular formula is C18H21NO5S. The number of aliphatic hydroxyl groups is 1. The monoisotopic (exact) mass is 363 g/mol. The van der Waals surface area contributed by atoms with Crippen LogP contribution in [-0.4, -0.2) is 26.9 Å². The molecular weight excluding hydrogens is 342 g/mol. The summed E-state index contributed by atoms with van der Waals surface area (Å²) in [5.74, 6) is 1.24. The average molecular weight is 363 g/mol. The first-order chi connectivity index (χ1) is 12.0. The third-order valence-corrected chi connectivity index (χ3v) is 5.61. The summed E-state index contributed by atoms with van der Waals surface area (Å²) in [5.41, 5.74) is 1.74. The van der Waals surface area contributed by atoms with Crippen LogP contribution in [0.3, 0.4) is 0 Å². The number of hydrogen-bond donors (Lipinski definition) is 2. The SMILES string of the molecule is CCc1ccc(S(=O)(=O)NCCC(O)c2ccc3c(c2)OCO3)cc1. The van der Waals surface area contributed by atoms with E-state index in [1.54, 1.807) is 42.5 Å². The molecule has 7 heteroatoms. The number of rotatable bonds is 7. The molecule has 25 heavy (non-hydrogen) atoms. The number of nitrogens with one attached hydrogen (secondary N) is 1. The van der Waals surface area contributed by atoms with Crippen molar-refractivity contribution in [3.63, 3.8) is 0 Å². The lowest BCUT2D eigenvalue weighted by Crippen LogP contribution is -2.26. The summed E-state index contributed by atoms with van der Waals surface area (Å²) in [7, 11) is -3.58. The maximum Gasteiger partial charge on any atom is 0.240 e. The molecule has 3 rings (SSSR count). The second-order valence-corrected chi connectivity index (χ2v) is 7.58. The number of benzene rings is 2. The van der Waals surface area contributed by atoms with Crippen molar-refractivity contribution in [3.05, 3.63) is 53.6 Å². The van der Waals surface area contributed by atoms with E-state index in [1.807, 2.05) is 6.92 Å². The van der Waals surface area contributed by atoms with Crippen molar-refractivity contribution in [2.45, 2.75) is 30.8 Å². The van der Waals surface area contributed by atoms with E-state index in [9.17, 15) is 13.5 Å². The number of aliphatic hydroxyl groups excluding tert-OH is 1. The van der Waals surface area contributed by atoms with Crippen LogP contribution in [0.15, 0.2) is 47.4 Å². The molecule has 1 unspecified atom stereocenters. The molecule has 0 aromatic heterocycles. The van der Waals surface area contributed by atoms with E-state index in [1.165, 1.54) is 0 Å². The van der Waals surface area contributed by atoms with Crippen molar-refractivity contribution >= 4 is 10.0 Å². The molecule has 0 spiro atoms. The van der Waals surface area contributed by atoms with Crippen molar-refractivity contribution in [3.8, 4) is 11.5 Å². The van der Waals surface area contributed by atoms with Crippen molar-refractivity contribution < 1.29 is 23.0 Å². The third-order valence-electron chi connectivity index (χ3n) is 4.13. The summed E-state index contributed by atoms with van der Waals surface area (Å²) in [5, 5.41) is 10.3. The lowest BCUT2D eigenvalue weighted by molar-refractivity contribution is 0.166. The average Bonchev–Trinajstić information content (AvgIpc) is 3.09. The molecule has 0 saturated heterocycles. The van der Waals surface area contributed by atoms with Crippen molar-refractivity contribution in [2.24, 2.45) is 0 Å². The molecule has 1 atom stereocenters. The molecule has 1 aliphatic heterocycles. The molecule has 0 amide bonds. The van der Waals surface area contributed by atoms with Crippen LogP contribution in [0, 0.1) is 0 Å². The van der Waals surface area contributed by atoms with Crippen LogP contribution in [0.4, 0.5) is 0 Å². The normalized spacial score (nSPS) is 14.5. The van der Waals surface area contributed by atoms with Crippen LogP contribution in [0.25, 0.3) is 0 Å². The topological polar surface area (TPSA) is 84.9 Å². The fourth-order valence-corrected chi connectivity index (χ4v) is 3.65. The summed E-state index contributed by atoms with van der Waals surface area (Å²) in [6, 6.07) is 12.0. The summed E-state index contributed by atoms with van der Waals surface area (Å²) in [6.45, 7) is 2.32.